The number of hydrogen-bond donors (Lipinski definition) is 1. The lowest BCUT2D eigenvalue weighted by atomic mass is 10.0. The molecule has 7 heteroatoms. The van der Waals surface area contributed by atoms with Gasteiger partial charge in [-0.05, 0) is 52.9 Å². The summed E-state index contributed by atoms with van der Waals surface area (Å²) in [4.78, 5) is 0. The number of halogens is 2. The number of nitrogens with one attached hydrogen (secondary N) is 1. The minimum absolute atomic E-state index is 0.347. The first-order valence-electron chi connectivity index (χ1n) is 6.11. The van der Waals surface area contributed by atoms with E-state index < -0.39 is 16.0 Å². The van der Waals surface area contributed by atoms with Crippen LogP contribution in [0.15, 0.2) is 22.7 Å². The molecule has 0 bridgehead atoms. The average molecular weight is 351 g/mol. The van der Waals surface area contributed by atoms with Crippen molar-refractivity contribution in [3.8, 4) is 0 Å². The van der Waals surface area contributed by atoms with Gasteiger partial charge in [-0.25, -0.2) is 4.39 Å². The molecule has 0 amide bonds. The smallest absolute Gasteiger partial charge is 0.270 e. The van der Waals surface area contributed by atoms with Gasteiger partial charge < -0.3 is 0 Å². The second kappa shape index (κ2) is 5.76. The van der Waals surface area contributed by atoms with Gasteiger partial charge in [-0.3, -0.25) is 4.72 Å². The van der Waals surface area contributed by atoms with Crippen LogP contribution in [0.4, 0.5) is 10.1 Å². The third-order valence-corrected chi connectivity index (χ3v) is 5.43. The SMILES string of the molecule is CC1CCN(S(=O)(=O)Nc2ccc(F)cc2Br)CC1. The first-order valence-corrected chi connectivity index (χ1v) is 8.35. The third-order valence-electron chi connectivity index (χ3n) is 3.25. The molecule has 1 fully saturated rings. The van der Waals surface area contributed by atoms with Crippen LogP contribution in [0.2, 0.25) is 0 Å². The quantitative estimate of drug-likeness (QED) is 0.910. The predicted octanol–water partition coefficient (Wildman–Crippen LogP) is 2.98. The normalized spacial score (nSPS) is 18.5. The Bertz CT molecular complexity index is 557. The molecular formula is C12H16BrFN2O2S. The van der Waals surface area contributed by atoms with Gasteiger partial charge in [0.25, 0.3) is 0 Å². The van der Waals surface area contributed by atoms with Crippen LogP contribution in [0.3, 0.4) is 0 Å². The lowest BCUT2D eigenvalue weighted by Gasteiger charge is -2.29. The Kier molecular flexibility index (Phi) is 4.47. The van der Waals surface area contributed by atoms with Crippen molar-refractivity contribution in [1.82, 2.24) is 4.31 Å². The summed E-state index contributed by atoms with van der Waals surface area (Å²) in [5.74, 6) is 0.144. The van der Waals surface area contributed by atoms with Crippen molar-refractivity contribution in [1.29, 1.82) is 0 Å². The lowest BCUT2D eigenvalue weighted by Crippen LogP contribution is -2.41. The molecule has 0 aromatic heterocycles. The van der Waals surface area contributed by atoms with Crippen LogP contribution in [0.1, 0.15) is 19.8 Å². The van der Waals surface area contributed by atoms with Crippen molar-refractivity contribution in [2.24, 2.45) is 5.92 Å². The summed E-state index contributed by atoms with van der Waals surface area (Å²) in [5.41, 5.74) is 0.347. The zero-order valence-corrected chi connectivity index (χ0v) is 13.0. The zero-order chi connectivity index (χ0) is 14.0. The van der Waals surface area contributed by atoms with Crippen LogP contribution in [0.5, 0.6) is 0 Å². The van der Waals surface area contributed by atoms with Crippen molar-refractivity contribution in [3.63, 3.8) is 0 Å². The van der Waals surface area contributed by atoms with Gasteiger partial charge in [0.05, 0.1) is 5.69 Å². The van der Waals surface area contributed by atoms with Crippen molar-refractivity contribution in [3.05, 3.63) is 28.5 Å². The molecule has 0 radical (unpaired) electrons. The minimum Gasteiger partial charge on any atom is -0.270 e. The molecule has 0 aliphatic carbocycles. The highest BCUT2D eigenvalue weighted by molar-refractivity contribution is 9.10. The molecule has 1 aromatic carbocycles. The summed E-state index contributed by atoms with van der Waals surface area (Å²) >= 11 is 3.15. The summed E-state index contributed by atoms with van der Waals surface area (Å²) in [6.07, 6.45) is 1.73. The van der Waals surface area contributed by atoms with E-state index in [4.69, 9.17) is 0 Å². The minimum atomic E-state index is -3.56. The fourth-order valence-electron chi connectivity index (χ4n) is 2.00. The molecule has 1 aromatic rings. The fourth-order valence-corrected chi connectivity index (χ4v) is 3.86. The van der Waals surface area contributed by atoms with Crippen LogP contribution in [-0.2, 0) is 10.2 Å². The zero-order valence-electron chi connectivity index (χ0n) is 10.6. The number of rotatable bonds is 3. The molecule has 19 heavy (non-hydrogen) atoms. The lowest BCUT2D eigenvalue weighted by molar-refractivity contribution is 0.289. The summed E-state index contributed by atoms with van der Waals surface area (Å²) in [6.45, 7) is 3.17. The maximum atomic E-state index is 13.0. The molecule has 2 rings (SSSR count). The molecule has 0 saturated carbocycles. The Labute approximate surface area is 121 Å². The molecule has 1 heterocycles. The maximum absolute atomic E-state index is 13.0. The Morgan fingerprint density at radius 2 is 2.00 bits per heavy atom. The standard InChI is InChI=1S/C12H16BrFN2O2S/c1-9-4-6-16(7-5-9)19(17,18)15-12-3-2-10(14)8-11(12)13/h2-3,8-9,15H,4-7H2,1H3. The molecule has 1 aliphatic heterocycles. The van der Waals surface area contributed by atoms with Gasteiger partial charge in [-0.2, -0.15) is 12.7 Å². The summed E-state index contributed by atoms with van der Waals surface area (Å²) < 4.78 is 41.7. The van der Waals surface area contributed by atoms with E-state index in [0.29, 0.717) is 29.2 Å². The number of anilines is 1. The molecular weight excluding hydrogens is 335 g/mol. The van der Waals surface area contributed by atoms with Gasteiger partial charge in [-0.15, -0.1) is 0 Å². The van der Waals surface area contributed by atoms with E-state index in [2.05, 4.69) is 27.6 Å². The molecule has 0 unspecified atom stereocenters. The number of benzene rings is 1. The fraction of sp³-hybridized carbons (Fsp3) is 0.500. The van der Waals surface area contributed by atoms with Crippen molar-refractivity contribution >= 4 is 31.8 Å². The number of nitrogens with zero attached hydrogens (tertiary/aromatic N) is 1. The van der Waals surface area contributed by atoms with Crippen molar-refractivity contribution in [2.45, 2.75) is 19.8 Å². The molecule has 1 saturated heterocycles. The van der Waals surface area contributed by atoms with E-state index in [1.165, 1.54) is 22.5 Å². The summed E-state index contributed by atoms with van der Waals surface area (Å²) in [6, 6.07) is 3.86. The number of piperidine rings is 1. The molecule has 0 spiro atoms. The maximum Gasteiger partial charge on any atom is 0.301 e. The van der Waals surface area contributed by atoms with Gasteiger partial charge in [0.2, 0.25) is 0 Å². The van der Waals surface area contributed by atoms with E-state index in [1.54, 1.807) is 0 Å². The van der Waals surface area contributed by atoms with Crippen LogP contribution >= 0.6 is 15.9 Å². The van der Waals surface area contributed by atoms with Crippen LogP contribution in [0.25, 0.3) is 0 Å². The molecule has 4 nitrogen and oxygen atoms in total. The highest BCUT2D eigenvalue weighted by Crippen LogP contribution is 2.26. The molecule has 1 aliphatic rings. The van der Waals surface area contributed by atoms with Crippen molar-refractivity contribution in [2.75, 3.05) is 17.8 Å². The first-order chi connectivity index (χ1) is 8.88. The van der Waals surface area contributed by atoms with Gasteiger partial charge >= 0.3 is 10.2 Å². The Morgan fingerprint density at radius 3 is 2.58 bits per heavy atom. The Morgan fingerprint density at radius 1 is 1.37 bits per heavy atom. The average Bonchev–Trinajstić information content (AvgIpc) is 2.33. The Balaban J connectivity index is 2.12. The summed E-state index contributed by atoms with van der Waals surface area (Å²) in [7, 11) is -3.56. The van der Waals surface area contributed by atoms with Gasteiger partial charge in [0.15, 0.2) is 0 Å². The van der Waals surface area contributed by atoms with E-state index in [0.717, 1.165) is 12.8 Å². The molecule has 106 valence electrons. The second-order valence-electron chi connectivity index (χ2n) is 4.81. The van der Waals surface area contributed by atoms with Crippen LogP contribution < -0.4 is 4.72 Å². The predicted molar refractivity (Wildman–Crippen MR) is 76.6 cm³/mol. The van der Waals surface area contributed by atoms with E-state index >= 15 is 0 Å². The highest BCUT2D eigenvalue weighted by atomic mass is 79.9. The van der Waals surface area contributed by atoms with E-state index in [-0.39, 0.29) is 0 Å². The van der Waals surface area contributed by atoms with Gasteiger partial charge in [-0.1, -0.05) is 6.92 Å². The molecule has 0 atom stereocenters. The Hall–Kier alpha value is -0.660. The monoisotopic (exact) mass is 350 g/mol. The third kappa shape index (κ3) is 3.67. The number of hydrogen-bond acceptors (Lipinski definition) is 2. The van der Waals surface area contributed by atoms with Gasteiger partial charge in [0.1, 0.15) is 5.82 Å². The molecule has 1 N–H and O–H groups in total. The summed E-state index contributed by atoms with van der Waals surface area (Å²) in [5, 5.41) is 0. The second-order valence-corrected chi connectivity index (χ2v) is 7.34. The van der Waals surface area contributed by atoms with Crippen LogP contribution in [0, 0.1) is 11.7 Å². The topological polar surface area (TPSA) is 49.4 Å². The van der Waals surface area contributed by atoms with E-state index in [1.807, 2.05) is 0 Å². The van der Waals surface area contributed by atoms with E-state index in [9.17, 15) is 12.8 Å². The van der Waals surface area contributed by atoms with Crippen molar-refractivity contribution < 1.29 is 12.8 Å². The first kappa shape index (κ1) is 14.7. The largest absolute Gasteiger partial charge is 0.301 e. The van der Waals surface area contributed by atoms with Gasteiger partial charge in [0, 0.05) is 17.6 Å². The van der Waals surface area contributed by atoms with Crippen LogP contribution in [-0.4, -0.2) is 25.8 Å². The highest BCUT2D eigenvalue weighted by Gasteiger charge is 2.26.